The highest BCUT2D eigenvalue weighted by Gasteiger charge is 2.44. The van der Waals surface area contributed by atoms with Crippen molar-refractivity contribution in [2.45, 2.75) is 37.8 Å². The minimum absolute atomic E-state index is 0.203. The number of aromatic nitrogens is 1. The molecule has 0 saturated carbocycles. The Balaban J connectivity index is 1.53. The molecule has 1 aromatic carbocycles. The Labute approximate surface area is 183 Å². The second kappa shape index (κ2) is 10.8. The van der Waals surface area contributed by atoms with Crippen molar-refractivity contribution in [3.63, 3.8) is 0 Å². The maximum absolute atomic E-state index is 13.5. The largest absolute Gasteiger partial charge is 0.435 e. The van der Waals surface area contributed by atoms with Gasteiger partial charge in [-0.1, -0.05) is 17.7 Å². The Morgan fingerprint density at radius 2 is 2.06 bits per heavy atom. The van der Waals surface area contributed by atoms with Crippen LogP contribution < -0.4 is 5.32 Å². The van der Waals surface area contributed by atoms with Gasteiger partial charge in [-0.15, -0.1) is 0 Å². The third-order valence-corrected chi connectivity index (χ3v) is 5.05. The number of piperidine rings is 1. The first-order valence-electron chi connectivity index (χ1n) is 9.82. The molecule has 6 nitrogen and oxygen atoms in total. The molecule has 1 aliphatic rings. The van der Waals surface area contributed by atoms with Crippen LogP contribution in [0.1, 0.15) is 18.4 Å². The molecule has 1 amide bonds. The molecule has 1 aromatic heterocycles. The van der Waals surface area contributed by atoms with Crippen molar-refractivity contribution in [2.24, 2.45) is 0 Å². The average molecular weight is 458 g/mol. The lowest BCUT2D eigenvalue weighted by Gasteiger charge is -2.35. The van der Waals surface area contributed by atoms with E-state index < -0.39 is 24.9 Å². The molecular formula is C21H23ClF3N3O3. The number of nitrogens with one attached hydrogen (secondary N) is 1. The van der Waals surface area contributed by atoms with Crippen LogP contribution in [0.25, 0.3) is 0 Å². The normalized spacial score (nSPS) is 18.4. The molecule has 0 radical (unpaired) electrons. The first kappa shape index (κ1) is 23.3. The van der Waals surface area contributed by atoms with E-state index in [0.29, 0.717) is 31.1 Å². The van der Waals surface area contributed by atoms with Crippen molar-refractivity contribution in [3.8, 4) is 0 Å². The summed E-state index contributed by atoms with van der Waals surface area (Å²) in [6, 6.07) is 9.64. The van der Waals surface area contributed by atoms with Crippen LogP contribution in [0.3, 0.4) is 0 Å². The quantitative estimate of drug-likeness (QED) is 0.641. The minimum atomic E-state index is -4.69. The first-order valence-corrected chi connectivity index (χ1v) is 10.2. The van der Waals surface area contributed by atoms with Crippen LogP contribution in [0.4, 0.5) is 23.7 Å². The van der Waals surface area contributed by atoms with Gasteiger partial charge in [0.25, 0.3) is 0 Å². The van der Waals surface area contributed by atoms with E-state index in [0.717, 1.165) is 12.0 Å². The maximum Gasteiger partial charge on any atom is 0.426 e. The van der Waals surface area contributed by atoms with Gasteiger partial charge in [0, 0.05) is 36.2 Å². The molecule has 3 rings (SSSR count). The third kappa shape index (κ3) is 7.68. The van der Waals surface area contributed by atoms with Gasteiger partial charge in [0.2, 0.25) is 6.10 Å². The Morgan fingerprint density at radius 1 is 1.29 bits per heavy atom. The van der Waals surface area contributed by atoms with Gasteiger partial charge in [-0.2, -0.15) is 13.2 Å². The molecule has 2 heterocycles. The number of hydrogen-bond donors (Lipinski definition) is 1. The number of likely N-dealkylation sites (tertiary alicyclic amines) is 1. The van der Waals surface area contributed by atoms with Crippen molar-refractivity contribution < 1.29 is 27.4 Å². The molecule has 1 N–H and O–H groups in total. The number of carbonyl (C=O) groups is 1. The van der Waals surface area contributed by atoms with Crippen molar-refractivity contribution in [1.29, 1.82) is 0 Å². The van der Waals surface area contributed by atoms with E-state index in [1.165, 1.54) is 24.3 Å². The molecule has 10 heteroatoms. The molecule has 1 aliphatic heterocycles. The van der Waals surface area contributed by atoms with Gasteiger partial charge in [-0.25, -0.2) is 4.79 Å². The van der Waals surface area contributed by atoms with Gasteiger partial charge >= 0.3 is 12.3 Å². The summed E-state index contributed by atoms with van der Waals surface area (Å²) in [4.78, 5) is 17.6. The fourth-order valence-corrected chi connectivity index (χ4v) is 3.39. The topological polar surface area (TPSA) is 63.7 Å². The monoisotopic (exact) mass is 457 g/mol. The smallest absolute Gasteiger partial charge is 0.426 e. The minimum Gasteiger partial charge on any atom is -0.435 e. The second-order valence-electron chi connectivity index (χ2n) is 7.26. The van der Waals surface area contributed by atoms with Crippen molar-refractivity contribution in [1.82, 2.24) is 9.88 Å². The van der Waals surface area contributed by atoms with Gasteiger partial charge in [0.15, 0.2) is 0 Å². The SMILES string of the molecule is O=C(Nc1ccc(Cl)cc1)OC(CN1CCC[C@H](OCc2cccnc2)C1)C(F)(F)F. The summed E-state index contributed by atoms with van der Waals surface area (Å²) >= 11 is 5.76. The molecule has 0 bridgehead atoms. The van der Waals surface area contributed by atoms with E-state index in [-0.39, 0.29) is 11.8 Å². The van der Waals surface area contributed by atoms with Gasteiger partial charge < -0.3 is 9.47 Å². The summed E-state index contributed by atoms with van der Waals surface area (Å²) in [5.74, 6) is 0. The average Bonchev–Trinajstić information content (AvgIpc) is 2.74. The molecule has 0 spiro atoms. The van der Waals surface area contributed by atoms with Crippen LogP contribution in [0.15, 0.2) is 48.8 Å². The predicted molar refractivity (Wildman–Crippen MR) is 110 cm³/mol. The Bertz CT molecular complexity index is 837. The number of carbonyl (C=O) groups excluding carboxylic acids is 1. The Kier molecular flexibility index (Phi) is 8.11. The number of amides is 1. The van der Waals surface area contributed by atoms with Crippen LogP contribution >= 0.6 is 11.6 Å². The van der Waals surface area contributed by atoms with Crippen molar-refractivity contribution >= 4 is 23.4 Å². The van der Waals surface area contributed by atoms with E-state index in [2.05, 4.69) is 10.3 Å². The zero-order valence-corrected chi connectivity index (χ0v) is 17.4. The fraction of sp³-hybridized carbons (Fsp3) is 0.429. The van der Waals surface area contributed by atoms with Crippen LogP contribution in [0, 0.1) is 0 Å². The lowest BCUT2D eigenvalue weighted by Crippen LogP contribution is -2.49. The van der Waals surface area contributed by atoms with Gasteiger partial charge in [0.1, 0.15) is 0 Å². The van der Waals surface area contributed by atoms with Crippen LogP contribution in [-0.2, 0) is 16.1 Å². The summed E-state index contributed by atoms with van der Waals surface area (Å²) in [5.41, 5.74) is 1.19. The molecule has 1 fully saturated rings. The lowest BCUT2D eigenvalue weighted by atomic mass is 10.1. The zero-order chi connectivity index (χ0) is 22.3. The summed E-state index contributed by atoms with van der Waals surface area (Å²) in [5, 5.41) is 2.73. The van der Waals surface area contributed by atoms with Crippen LogP contribution in [-0.4, -0.2) is 54.0 Å². The van der Waals surface area contributed by atoms with Crippen molar-refractivity contribution in [3.05, 3.63) is 59.4 Å². The highest BCUT2D eigenvalue weighted by molar-refractivity contribution is 6.30. The maximum atomic E-state index is 13.5. The third-order valence-electron chi connectivity index (χ3n) is 4.80. The number of pyridine rings is 1. The Hall–Kier alpha value is -2.36. The molecular weight excluding hydrogens is 435 g/mol. The fourth-order valence-electron chi connectivity index (χ4n) is 3.26. The number of hydrogen-bond acceptors (Lipinski definition) is 5. The molecule has 2 aromatic rings. The number of nitrogens with zero attached hydrogens (tertiary/aromatic N) is 2. The zero-order valence-electron chi connectivity index (χ0n) is 16.6. The number of halogens is 4. The Morgan fingerprint density at radius 3 is 2.74 bits per heavy atom. The first-order chi connectivity index (χ1) is 14.8. The highest BCUT2D eigenvalue weighted by Crippen LogP contribution is 2.26. The highest BCUT2D eigenvalue weighted by atomic mass is 35.5. The number of ether oxygens (including phenoxy) is 2. The standard InChI is InChI=1S/C21H23ClF3N3O3/c22-16-5-7-17(8-6-16)27-20(29)31-19(21(23,24)25)13-28-10-2-4-18(12-28)30-14-15-3-1-9-26-11-15/h1,3,5-9,11,18-19H,2,4,10,12-14H2,(H,27,29)/t18-,19?/m0/s1. The summed E-state index contributed by atoms with van der Waals surface area (Å²) in [6.45, 7) is 0.690. The number of alkyl halides is 3. The molecule has 0 aliphatic carbocycles. The van der Waals surface area contributed by atoms with E-state index in [4.69, 9.17) is 21.1 Å². The summed E-state index contributed by atoms with van der Waals surface area (Å²) < 4.78 is 51.1. The molecule has 1 saturated heterocycles. The molecule has 31 heavy (non-hydrogen) atoms. The lowest BCUT2D eigenvalue weighted by molar-refractivity contribution is -0.208. The summed E-state index contributed by atoms with van der Waals surface area (Å²) in [7, 11) is 0. The number of benzene rings is 1. The van der Waals surface area contributed by atoms with E-state index in [1.807, 2.05) is 6.07 Å². The van der Waals surface area contributed by atoms with Crippen molar-refractivity contribution in [2.75, 3.05) is 25.0 Å². The number of rotatable bonds is 7. The predicted octanol–water partition coefficient (Wildman–Crippen LogP) is 4.90. The van der Waals surface area contributed by atoms with Crippen LogP contribution in [0.2, 0.25) is 5.02 Å². The van der Waals surface area contributed by atoms with Crippen LogP contribution in [0.5, 0.6) is 0 Å². The van der Waals surface area contributed by atoms with E-state index in [1.54, 1.807) is 23.4 Å². The summed E-state index contributed by atoms with van der Waals surface area (Å²) in [6.07, 6.45) is -3.53. The van der Waals surface area contributed by atoms with Gasteiger partial charge in [0.05, 0.1) is 12.7 Å². The molecule has 1 unspecified atom stereocenters. The van der Waals surface area contributed by atoms with Gasteiger partial charge in [-0.05, 0) is 55.3 Å². The number of anilines is 1. The van der Waals surface area contributed by atoms with Gasteiger partial charge in [-0.3, -0.25) is 15.2 Å². The second-order valence-corrected chi connectivity index (χ2v) is 7.70. The molecule has 168 valence electrons. The van der Waals surface area contributed by atoms with E-state index >= 15 is 0 Å². The molecule has 2 atom stereocenters. The van der Waals surface area contributed by atoms with E-state index in [9.17, 15) is 18.0 Å².